The number of nitrogen functional groups attached to an aromatic ring is 1. The van der Waals surface area contributed by atoms with Crippen molar-refractivity contribution in [1.82, 2.24) is 9.97 Å². The van der Waals surface area contributed by atoms with Gasteiger partial charge in [0.2, 0.25) is 11.6 Å². The molecule has 0 amide bonds. The number of nitro benzene ring substituents is 1. The van der Waals surface area contributed by atoms with Crippen LogP contribution in [0, 0.1) is 24.0 Å². The summed E-state index contributed by atoms with van der Waals surface area (Å²) in [6, 6.07) is 4.89. The molecule has 0 unspecified atom stereocenters. The maximum Gasteiger partial charge on any atom is 0.314 e. The van der Waals surface area contributed by atoms with Crippen LogP contribution in [0.3, 0.4) is 0 Å². The molecule has 0 radical (unpaired) electrons. The molecule has 1 aromatic heterocycles. The molecule has 7 nitrogen and oxygen atoms in total. The average Bonchev–Trinajstić information content (AvgIpc) is 2.43. The number of hydrogen-bond donors (Lipinski definition) is 1. The number of aromatic nitrogens is 2. The number of benzene rings is 1. The van der Waals surface area contributed by atoms with Gasteiger partial charge < -0.3 is 10.5 Å². The van der Waals surface area contributed by atoms with Crippen LogP contribution < -0.4 is 10.5 Å². The SMILES string of the molecule is CCc1nc(N)c(C)c(Oc2cccc(C)c2[N+](=O)[O-])n1. The van der Waals surface area contributed by atoms with E-state index in [4.69, 9.17) is 10.5 Å². The fourth-order valence-corrected chi connectivity index (χ4v) is 1.87. The minimum atomic E-state index is -0.467. The molecule has 21 heavy (non-hydrogen) atoms. The molecule has 1 aromatic carbocycles. The first kappa shape index (κ1) is 14.7. The van der Waals surface area contributed by atoms with E-state index in [9.17, 15) is 10.1 Å². The van der Waals surface area contributed by atoms with Crippen molar-refractivity contribution >= 4 is 11.5 Å². The summed E-state index contributed by atoms with van der Waals surface area (Å²) in [6.07, 6.45) is 0.594. The van der Waals surface area contributed by atoms with Crippen LogP contribution in [0.5, 0.6) is 11.6 Å². The number of rotatable bonds is 4. The molecule has 1 heterocycles. The maximum absolute atomic E-state index is 11.2. The highest BCUT2D eigenvalue weighted by molar-refractivity contribution is 5.54. The fraction of sp³-hybridized carbons (Fsp3) is 0.286. The van der Waals surface area contributed by atoms with Gasteiger partial charge in [0, 0.05) is 12.0 Å². The predicted molar refractivity (Wildman–Crippen MR) is 78.5 cm³/mol. The van der Waals surface area contributed by atoms with Crippen LogP contribution in [0.4, 0.5) is 11.5 Å². The van der Waals surface area contributed by atoms with Crippen LogP contribution in [0.1, 0.15) is 23.9 Å². The molecule has 0 fully saturated rings. The molecule has 0 aliphatic carbocycles. The van der Waals surface area contributed by atoms with Gasteiger partial charge in [-0.2, -0.15) is 4.98 Å². The minimum absolute atomic E-state index is 0.0767. The van der Waals surface area contributed by atoms with Gasteiger partial charge >= 0.3 is 5.69 Å². The lowest BCUT2D eigenvalue weighted by atomic mass is 10.2. The van der Waals surface area contributed by atoms with E-state index in [0.29, 0.717) is 29.2 Å². The van der Waals surface area contributed by atoms with Crippen LogP contribution >= 0.6 is 0 Å². The van der Waals surface area contributed by atoms with E-state index in [1.807, 2.05) is 6.92 Å². The molecule has 0 spiro atoms. The number of aryl methyl sites for hydroxylation is 2. The van der Waals surface area contributed by atoms with Crippen molar-refractivity contribution in [3.05, 3.63) is 45.3 Å². The van der Waals surface area contributed by atoms with Crippen molar-refractivity contribution in [2.45, 2.75) is 27.2 Å². The summed E-state index contributed by atoms with van der Waals surface area (Å²) in [6.45, 7) is 5.26. The van der Waals surface area contributed by atoms with E-state index in [0.717, 1.165) is 0 Å². The van der Waals surface area contributed by atoms with Gasteiger partial charge in [-0.05, 0) is 19.9 Å². The van der Waals surface area contributed by atoms with E-state index in [1.54, 1.807) is 26.0 Å². The molecule has 110 valence electrons. The summed E-state index contributed by atoms with van der Waals surface area (Å²) in [7, 11) is 0. The lowest BCUT2D eigenvalue weighted by molar-refractivity contribution is -0.386. The number of ether oxygens (including phenoxy) is 1. The van der Waals surface area contributed by atoms with Gasteiger partial charge in [-0.15, -0.1) is 0 Å². The van der Waals surface area contributed by atoms with Gasteiger partial charge in [0.05, 0.1) is 10.5 Å². The molecule has 2 rings (SSSR count). The Kier molecular flexibility index (Phi) is 4.02. The van der Waals surface area contributed by atoms with E-state index in [2.05, 4.69) is 9.97 Å². The van der Waals surface area contributed by atoms with Crippen molar-refractivity contribution in [3.63, 3.8) is 0 Å². The zero-order chi connectivity index (χ0) is 15.6. The summed E-state index contributed by atoms with van der Waals surface area (Å²) in [4.78, 5) is 19.1. The normalized spacial score (nSPS) is 10.4. The average molecular weight is 288 g/mol. The number of anilines is 1. The quantitative estimate of drug-likeness (QED) is 0.685. The van der Waals surface area contributed by atoms with Crippen molar-refractivity contribution < 1.29 is 9.66 Å². The van der Waals surface area contributed by atoms with Crippen molar-refractivity contribution in [2.24, 2.45) is 0 Å². The zero-order valence-corrected chi connectivity index (χ0v) is 12.1. The number of nitrogens with zero attached hydrogens (tertiary/aromatic N) is 3. The molecule has 7 heteroatoms. The van der Waals surface area contributed by atoms with Crippen LogP contribution in [0.15, 0.2) is 18.2 Å². The molecule has 2 aromatic rings. The highest BCUT2D eigenvalue weighted by Gasteiger charge is 2.20. The van der Waals surface area contributed by atoms with Gasteiger partial charge in [0.1, 0.15) is 11.6 Å². The molecule has 0 atom stereocenters. The summed E-state index contributed by atoms with van der Waals surface area (Å²) in [5.41, 5.74) is 6.82. The van der Waals surface area contributed by atoms with E-state index in [1.165, 1.54) is 6.07 Å². The number of nitrogens with two attached hydrogens (primary N) is 1. The van der Waals surface area contributed by atoms with Gasteiger partial charge in [-0.1, -0.05) is 19.1 Å². The number of para-hydroxylation sites is 1. The van der Waals surface area contributed by atoms with Crippen LogP contribution in [-0.2, 0) is 6.42 Å². The Labute approximate surface area is 121 Å². The molecule has 0 bridgehead atoms. The van der Waals surface area contributed by atoms with Crippen molar-refractivity contribution in [1.29, 1.82) is 0 Å². The Morgan fingerprint density at radius 1 is 1.33 bits per heavy atom. The van der Waals surface area contributed by atoms with E-state index < -0.39 is 4.92 Å². The smallest absolute Gasteiger partial charge is 0.314 e. The van der Waals surface area contributed by atoms with Gasteiger partial charge in [-0.25, -0.2) is 4.98 Å². The molecule has 0 aliphatic heterocycles. The number of nitro groups is 1. The second-order valence-corrected chi connectivity index (χ2v) is 4.59. The van der Waals surface area contributed by atoms with Crippen molar-refractivity contribution in [2.75, 3.05) is 5.73 Å². The molecule has 0 saturated heterocycles. The predicted octanol–water partition coefficient (Wildman–Crippen LogP) is 2.94. The highest BCUT2D eigenvalue weighted by atomic mass is 16.6. The molecule has 0 saturated carbocycles. The lowest BCUT2D eigenvalue weighted by Crippen LogP contribution is -2.05. The van der Waals surface area contributed by atoms with Gasteiger partial charge in [0.15, 0.2) is 0 Å². The third-order valence-corrected chi connectivity index (χ3v) is 3.09. The third kappa shape index (κ3) is 2.91. The second kappa shape index (κ2) is 5.74. The lowest BCUT2D eigenvalue weighted by Gasteiger charge is -2.11. The highest BCUT2D eigenvalue weighted by Crippen LogP contribution is 2.35. The van der Waals surface area contributed by atoms with E-state index in [-0.39, 0.29) is 17.3 Å². The maximum atomic E-state index is 11.2. The van der Waals surface area contributed by atoms with E-state index >= 15 is 0 Å². The molecular formula is C14H16N4O3. The fourth-order valence-electron chi connectivity index (χ4n) is 1.87. The summed E-state index contributed by atoms with van der Waals surface area (Å²) < 4.78 is 5.63. The largest absolute Gasteiger partial charge is 0.431 e. The third-order valence-electron chi connectivity index (χ3n) is 3.09. The minimum Gasteiger partial charge on any atom is -0.431 e. The first-order valence-electron chi connectivity index (χ1n) is 6.48. The zero-order valence-electron chi connectivity index (χ0n) is 12.1. The molecule has 2 N–H and O–H groups in total. The monoisotopic (exact) mass is 288 g/mol. The first-order valence-corrected chi connectivity index (χ1v) is 6.48. The first-order chi connectivity index (χ1) is 9.93. The van der Waals surface area contributed by atoms with Crippen LogP contribution in [-0.4, -0.2) is 14.9 Å². The Hall–Kier alpha value is -2.70. The van der Waals surface area contributed by atoms with Crippen LogP contribution in [0.2, 0.25) is 0 Å². The molecular weight excluding hydrogens is 272 g/mol. The topological polar surface area (TPSA) is 104 Å². The Morgan fingerprint density at radius 2 is 2.05 bits per heavy atom. The second-order valence-electron chi connectivity index (χ2n) is 4.59. The van der Waals surface area contributed by atoms with Gasteiger partial charge in [0.25, 0.3) is 0 Å². The van der Waals surface area contributed by atoms with Crippen molar-refractivity contribution in [3.8, 4) is 11.6 Å². The summed E-state index contributed by atoms with van der Waals surface area (Å²) in [5.74, 6) is 1.23. The Balaban J connectivity index is 2.51. The Morgan fingerprint density at radius 3 is 2.67 bits per heavy atom. The standard InChI is InChI=1S/C14H16N4O3/c1-4-11-16-13(15)9(3)14(17-11)21-10-7-5-6-8(2)12(10)18(19)20/h5-7H,4H2,1-3H3,(H2,15,16,17). The van der Waals surface area contributed by atoms with Gasteiger partial charge in [-0.3, -0.25) is 10.1 Å². The number of hydrogen-bond acceptors (Lipinski definition) is 6. The van der Waals surface area contributed by atoms with Crippen LogP contribution in [0.25, 0.3) is 0 Å². The summed E-state index contributed by atoms with van der Waals surface area (Å²) >= 11 is 0. The summed E-state index contributed by atoms with van der Waals surface area (Å²) in [5, 5.41) is 11.2. The Bertz CT molecular complexity index is 701. The molecule has 0 aliphatic rings.